The molecule has 1 heterocycles. The Hall–Kier alpha value is -4.58. The van der Waals surface area contributed by atoms with E-state index in [-0.39, 0.29) is 21.2 Å². The Labute approximate surface area is 211 Å². The first-order valence-corrected chi connectivity index (χ1v) is 11.3. The van der Waals surface area contributed by atoms with Gasteiger partial charge in [0.1, 0.15) is 0 Å². The molecule has 0 aliphatic carbocycles. The maximum absolute atomic E-state index is 12.6. The van der Waals surface area contributed by atoms with Crippen molar-refractivity contribution in [1.82, 2.24) is 9.66 Å². The van der Waals surface area contributed by atoms with Gasteiger partial charge in [0.15, 0.2) is 6.61 Å². The van der Waals surface area contributed by atoms with Gasteiger partial charge < -0.3 is 15.0 Å². The first kappa shape index (κ1) is 24.5. The monoisotopic (exact) mass is 551 g/mol. The molecule has 0 radical (unpaired) electrons. The van der Waals surface area contributed by atoms with Crippen LogP contribution >= 0.6 is 15.9 Å². The summed E-state index contributed by atoms with van der Waals surface area (Å²) in [4.78, 5) is 50.7. The summed E-state index contributed by atoms with van der Waals surface area (Å²) in [5, 5.41) is 18.5. The van der Waals surface area contributed by atoms with E-state index in [2.05, 4.69) is 31.3 Å². The van der Waals surface area contributed by atoms with Gasteiger partial charge in [-0.3, -0.25) is 19.7 Å². The van der Waals surface area contributed by atoms with E-state index in [0.29, 0.717) is 15.9 Å². The van der Waals surface area contributed by atoms with Crippen LogP contribution in [0.4, 0.5) is 11.4 Å². The molecule has 4 rings (SSSR count). The maximum atomic E-state index is 12.6. The molecule has 0 spiro atoms. The predicted octanol–water partition coefficient (Wildman–Crippen LogP) is 3.57. The van der Waals surface area contributed by atoms with Gasteiger partial charge in [0, 0.05) is 17.3 Å². The zero-order valence-corrected chi connectivity index (χ0v) is 20.3. The number of aromatic nitrogens is 2. The second-order valence-electron chi connectivity index (χ2n) is 7.65. The maximum Gasteiger partial charge on any atom is 0.349 e. The topological polar surface area (TPSA) is 149 Å². The van der Waals surface area contributed by atoms with Gasteiger partial charge in [-0.2, -0.15) is 5.10 Å². The largest absolute Gasteiger partial charge is 0.476 e. The minimum absolute atomic E-state index is 0.156. The number of rotatable bonds is 7. The number of nitro groups is 1. The summed E-state index contributed by atoms with van der Waals surface area (Å²) in [5.74, 6) is -0.655. The molecule has 0 atom stereocenters. The number of carbonyl (C=O) groups is 1. The lowest BCUT2D eigenvalue weighted by atomic mass is 10.2. The van der Waals surface area contributed by atoms with E-state index < -0.39 is 34.4 Å². The third-order valence-corrected chi connectivity index (χ3v) is 5.62. The van der Waals surface area contributed by atoms with Gasteiger partial charge >= 0.3 is 11.4 Å². The Morgan fingerprint density at radius 1 is 1.19 bits per heavy atom. The Balaban J connectivity index is 1.57. The highest BCUT2D eigenvalue weighted by molar-refractivity contribution is 9.10. The predicted molar refractivity (Wildman–Crippen MR) is 138 cm³/mol. The molecule has 0 aliphatic rings. The van der Waals surface area contributed by atoms with E-state index >= 15 is 0 Å². The second-order valence-corrected chi connectivity index (χ2v) is 8.50. The number of ether oxygens (including phenoxy) is 1. The second kappa shape index (κ2) is 10.4. The molecule has 3 aromatic carbocycles. The van der Waals surface area contributed by atoms with Crippen LogP contribution in [0.15, 0.2) is 79.8 Å². The SMILES string of the molecule is Cc1ccc(NC(=O)COc2c(Br)cc(C=Nn3c(=O)[nH]c4ccccc4c3=O)cc2[N+](=O)[O-])cc1. The van der Waals surface area contributed by atoms with Gasteiger partial charge in [0.25, 0.3) is 11.5 Å². The number of halogens is 1. The summed E-state index contributed by atoms with van der Waals surface area (Å²) in [6.45, 7) is 1.44. The minimum atomic E-state index is -0.761. The molecule has 182 valence electrons. The van der Waals surface area contributed by atoms with E-state index in [4.69, 9.17) is 4.74 Å². The molecule has 1 aromatic heterocycles. The number of hydrogen-bond donors (Lipinski definition) is 2. The highest BCUT2D eigenvalue weighted by atomic mass is 79.9. The fraction of sp³-hybridized carbons (Fsp3) is 0.0833. The zero-order chi connectivity index (χ0) is 25.8. The number of hydrogen-bond acceptors (Lipinski definition) is 7. The quantitative estimate of drug-likeness (QED) is 0.204. The van der Waals surface area contributed by atoms with Crippen LogP contribution in [0.25, 0.3) is 10.9 Å². The number of fused-ring (bicyclic) bond motifs is 1. The number of nitro benzene ring substituents is 1. The third-order valence-electron chi connectivity index (χ3n) is 5.03. The van der Waals surface area contributed by atoms with Crippen LogP contribution < -0.4 is 21.3 Å². The van der Waals surface area contributed by atoms with Crippen LogP contribution in [-0.4, -0.2) is 33.3 Å². The van der Waals surface area contributed by atoms with Crippen LogP contribution in [0, 0.1) is 17.0 Å². The van der Waals surface area contributed by atoms with Crippen LogP contribution in [0.2, 0.25) is 0 Å². The van der Waals surface area contributed by atoms with Crippen molar-refractivity contribution >= 4 is 50.3 Å². The molecule has 0 bridgehead atoms. The van der Waals surface area contributed by atoms with Crippen LogP contribution in [-0.2, 0) is 4.79 Å². The Morgan fingerprint density at radius 3 is 2.64 bits per heavy atom. The van der Waals surface area contributed by atoms with Gasteiger partial charge in [0.2, 0.25) is 5.75 Å². The number of nitrogens with one attached hydrogen (secondary N) is 2. The summed E-state index contributed by atoms with van der Waals surface area (Å²) in [7, 11) is 0. The van der Waals surface area contributed by atoms with Crippen LogP contribution in [0.3, 0.4) is 0 Å². The molecule has 4 aromatic rings. The average molecular weight is 552 g/mol. The molecular weight excluding hydrogens is 534 g/mol. The molecule has 36 heavy (non-hydrogen) atoms. The smallest absolute Gasteiger partial charge is 0.349 e. The van der Waals surface area contributed by atoms with Gasteiger partial charge in [-0.1, -0.05) is 29.8 Å². The van der Waals surface area contributed by atoms with Crippen LogP contribution in [0.1, 0.15) is 11.1 Å². The number of nitrogens with zero attached hydrogens (tertiary/aromatic N) is 3. The number of carbonyl (C=O) groups excluding carboxylic acids is 1. The van der Waals surface area contributed by atoms with E-state index in [1.54, 1.807) is 36.4 Å². The molecule has 0 saturated carbocycles. The standard InChI is InChI=1S/C24H18BrN5O6/c1-14-6-8-16(9-7-14)27-21(31)13-36-22-18(25)10-15(11-20(22)30(34)35)12-26-29-23(32)17-4-2-3-5-19(17)28-24(29)33/h2-12H,13H2,1H3,(H,27,31)(H,28,33). The van der Waals surface area contributed by atoms with Crippen molar-refractivity contribution in [2.75, 3.05) is 11.9 Å². The number of benzene rings is 3. The lowest BCUT2D eigenvalue weighted by Crippen LogP contribution is -2.32. The van der Waals surface area contributed by atoms with E-state index in [1.807, 2.05) is 19.1 Å². The summed E-state index contributed by atoms with van der Waals surface area (Å²) in [5.41, 5.74) is 0.334. The number of anilines is 1. The lowest BCUT2D eigenvalue weighted by Gasteiger charge is -2.10. The highest BCUT2D eigenvalue weighted by Crippen LogP contribution is 2.36. The summed E-state index contributed by atoms with van der Waals surface area (Å²) in [6.07, 6.45) is 1.14. The summed E-state index contributed by atoms with van der Waals surface area (Å²) < 4.78 is 6.24. The molecule has 0 unspecified atom stereocenters. The van der Waals surface area contributed by atoms with Gasteiger partial charge in [-0.25, -0.2) is 4.79 Å². The number of para-hydroxylation sites is 1. The minimum Gasteiger partial charge on any atom is -0.476 e. The number of H-pyrrole nitrogens is 1. The molecule has 0 saturated heterocycles. The highest BCUT2D eigenvalue weighted by Gasteiger charge is 2.21. The van der Waals surface area contributed by atoms with Crippen molar-refractivity contribution in [2.45, 2.75) is 6.92 Å². The molecule has 1 amide bonds. The Bertz CT molecular complexity index is 1630. The Morgan fingerprint density at radius 2 is 1.92 bits per heavy atom. The van der Waals surface area contributed by atoms with Crippen molar-refractivity contribution in [1.29, 1.82) is 0 Å². The third kappa shape index (κ3) is 5.39. The molecule has 0 aliphatic heterocycles. The van der Waals surface area contributed by atoms with Crippen molar-refractivity contribution < 1.29 is 14.5 Å². The van der Waals surface area contributed by atoms with Gasteiger partial charge in [-0.05, 0) is 53.2 Å². The number of aromatic amines is 1. The van der Waals surface area contributed by atoms with Gasteiger partial charge in [-0.15, -0.1) is 4.68 Å². The van der Waals surface area contributed by atoms with E-state index in [0.717, 1.165) is 17.8 Å². The average Bonchev–Trinajstić information content (AvgIpc) is 2.84. The fourth-order valence-corrected chi connectivity index (χ4v) is 3.89. The fourth-order valence-electron chi connectivity index (χ4n) is 3.31. The zero-order valence-electron chi connectivity index (χ0n) is 18.7. The van der Waals surface area contributed by atoms with Crippen LogP contribution in [0.5, 0.6) is 5.75 Å². The Kier molecular flexibility index (Phi) is 7.06. The van der Waals surface area contributed by atoms with E-state index in [1.165, 1.54) is 6.07 Å². The van der Waals surface area contributed by atoms with E-state index in [9.17, 15) is 24.5 Å². The summed E-state index contributed by atoms with van der Waals surface area (Å²) in [6, 6.07) is 16.2. The number of amides is 1. The first-order chi connectivity index (χ1) is 17.2. The molecule has 0 fully saturated rings. The summed E-state index contributed by atoms with van der Waals surface area (Å²) >= 11 is 3.22. The molecular formula is C24H18BrN5O6. The molecule has 2 N–H and O–H groups in total. The molecule has 12 heteroatoms. The van der Waals surface area contributed by atoms with Crippen molar-refractivity contribution in [3.8, 4) is 5.75 Å². The first-order valence-electron chi connectivity index (χ1n) is 10.5. The normalized spacial score (nSPS) is 11.1. The number of aryl methyl sites for hydroxylation is 1. The van der Waals surface area contributed by atoms with Crippen molar-refractivity contribution in [3.05, 3.63) is 107 Å². The van der Waals surface area contributed by atoms with Crippen molar-refractivity contribution in [2.24, 2.45) is 5.10 Å². The van der Waals surface area contributed by atoms with Gasteiger partial charge in [0.05, 0.1) is 26.5 Å². The van der Waals surface area contributed by atoms with Crippen molar-refractivity contribution in [3.63, 3.8) is 0 Å². The molecule has 11 nitrogen and oxygen atoms in total. The lowest BCUT2D eigenvalue weighted by molar-refractivity contribution is -0.385.